The first kappa shape index (κ1) is 15.3. The number of halogens is 1. The van der Waals surface area contributed by atoms with E-state index in [1.54, 1.807) is 18.2 Å². The first-order valence-corrected chi connectivity index (χ1v) is 8.48. The number of aromatic nitrogens is 1. The van der Waals surface area contributed by atoms with Crippen molar-refractivity contribution in [2.75, 3.05) is 13.1 Å². The number of carbonyl (C=O) groups excluding carboxylic acids is 1. The number of nitrogens with one attached hydrogen (secondary N) is 1. The summed E-state index contributed by atoms with van der Waals surface area (Å²) in [6.07, 6.45) is 4.58. The second-order valence-corrected chi connectivity index (χ2v) is 6.55. The van der Waals surface area contributed by atoms with Crippen LogP contribution in [0, 0.1) is 5.82 Å². The van der Waals surface area contributed by atoms with Crippen LogP contribution in [0.2, 0.25) is 0 Å². The maximum Gasteiger partial charge on any atom is 0.290 e. The van der Waals surface area contributed by atoms with Gasteiger partial charge in [-0.1, -0.05) is 23.7 Å². The van der Waals surface area contributed by atoms with Crippen LogP contribution in [-0.4, -0.2) is 41.1 Å². The number of piperidine rings is 1. The molecule has 4 rings (SSSR count). The summed E-state index contributed by atoms with van der Waals surface area (Å²) < 4.78 is 18.5. The number of fused-ring (bicyclic) bond motifs is 1. The summed E-state index contributed by atoms with van der Waals surface area (Å²) in [5.74, 6) is -0.420. The molecule has 5 nitrogen and oxygen atoms in total. The molecule has 0 unspecified atom stereocenters. The molecular weight excluding hydrogens is 309 g/mol. The lowest BCUT2D eigenvalue weighted by Gasteiger charge is -2.32. The topological polar surface area (TPSA) is 58.4 Å². The predicted molar refractivity (Wildman–Crippen MR) is 87.0 cm³/mol. The van der Waals surface area contributed by atoms with Crippen molar-refractivity contribution in [2.45, 2.75) is 37.8 Å². The van der Waals surface area contributed by atoms with Crippen LogP contribution in [-0.2, 0) is 0 Å². The van der Waals surface area contributed by atoms with Crippen LogP contribution < -0.4 is 5.32 Å². The fourth-order valence-electron chi connectivity index (χ4n) is 3.82. The summed E-state index contributed by atoms with van der Waals surface area (Å²) in [7, 11) is 0. The van der Waals surface area contributed by atoms with Crippen LogP contribution in [0.1, 0.15) is 36.2 Å². The molecule has 126 valence electrons. The molecule has 2 saturated heterocycles. The molecule has 2 atom stereocenters. The molecule has 2 aliphatic rings. The molecule has 0 bridgehead atoms. The van der Waals surface area contributed by atoms with Crippen LogP contribution >= 0.6 is 0 Å². The number of nitrogens with zero attached hydrogens (tertiary/aromatic N) is 2. The Bertz CT molecular complexity index is 745. The van der Waals surface area contributed by atoms with E-state index in [0.717, 1.165) is 25.9 Å². The average Bonchev–Trinajstić information content (AvgIpc) is 3.23. The maximum atomic E-state index is 13.3. The average molecular weight is 329 g/mol. The second-order valence-electron chi connectivity index (χ2n) is 6.55. The van der Waals surface area contributed by atoms with Crippen molar-refractivity contribution < 1.29 is 13.7 Å². The van der Waals surface area contributed by atoms with Gasteiger partial charge in [-0.25, -0.2) is 4.39 Å². The third-order valence-electron chi connectivity index (χ3n) is 5.03. The van der Waals surface area contributed by atoms with E-state index in [0.29, 0.717) is 17.3 Å². The highest BCUT2D eigenvalue weighted by molar-refractivity contribution is 5.92. The predicted octanol–water partition coefficient (Wildman–Crippen LogP) is 2.84. The van der Waals surface area contributed by atoms with E-state index in [1.165, 1.54) is 25.0 Å². The molecule has 24 heavy (non-hydrogen) atoms. The number of carbonyl (C=O) groups is 1. The molecule has 0 aliphatic carbocycles. The normalized spacial score (nSPS) is 23.9. The third-order valence-corrected chi connectivity index (χ3v) is 5.03. The molecule has 0 saturated carbocycles. The lowest BCUT2D eigenvalue weighted by molar-refractivity contribution is 0.0878. The number of rotatable bonds is 3. The molecule has 2 aliphatic heterocycles. The first-order valence-electron chi connectivity index (χ1n) is 8.48. The molecule has 0 radical (unpaired) electrons. The van der Waals surface area contributed by atoms with Gasteiger partial charge < -0.3 is 9.84 Å². The van der Waals surface area contributed by atoms with Crippen molar-refractivity contribution in [3.63, 3.8) is 0 Å². The van der Waals surface area contributed by atoms with E-state index in [9.17, 15) is 9.18 Å². The Morgan fingerprint density at radius 1 is 1.25 bits per heavy atom. The molecule has 1 aromatic carbocycles. The molecule has 1 amide bonds. The quantitative estimate of drug-likeness (QED) is 0.941. The van der Waals surface area contributed by atoms with Gasteiger partial charge in [0.05, 0.1) is 0 Å². The third kappa shape index (κ3) is 2.94. The van der Waals surface area contributed by atoms with E-state index >= 15 is 0 Å². The molecule has 0 spiro atoms. The van der Waals surface area contributed by atoms with Crippen LogP contribution in [0.15, 0.2) is 34.9 Å². The van der Waals surface area contributed by atoms with Crippen molar-refractivity contribution in [3.05, 3.63) is 41.9 Å². The molecule has 2 aromatic rings. The summed E-state index contributed by atoms with van der Waals surface area (Å²) in [6.45, 7) is 2.17. The summed E-state index contributed by atoms with van der Waals surface area (Å²) in [4.78, 5) is 14.9. The van der Waals surface area contributed by atoms with Gasteiger partial charge in [0.15, 0.2) is 0 Å². The minimum Gasteiger partial charge on any atom is -0.350 e. The Labute approximate surface area is 139 Å². The van der Waals surface area contributed by atoms with Crippen molar-refractivity contribution in [2.24, 2.45) is 0 Å². The van der Waals surface area contributed by atoms with E-state index < -0.39 is 0 Å². The monoisotopic (exact) mass is 329 g/mol. The highest BCUT2D eigenvalue weighted by Crippen LogP contribution is 2.27. The van der Waals surface area contributed by atoms with Crippen molar-refractivity contribution in [1.82, 2.24) is 15.4 Å². The van der Waals surface area contributed by atoms with Gasteiger partial charge in [0.25, 0.3) is 5.91 Å². The van der Waals surface area contributed by atoms with Crippen LogP contribution in [0.3, 0.4) is 0 Å². The van der Waals surface area contributed by atoms with Gasteiger partial charge in [0, 0.05) is 30.3 Å². The summed E-state index contributed by atoms with van der Waals surface area (Å²) in [6, 6.07) is 8.25. The minimum absolute atomic E-state index is 0.167. The van der Waals surface area contributed by atoms with Gasteiger partial charge in [-0.3, -0.25) is 9.69 Å². The van der Waals surface area contributed by atoms with Crippen molar-refractivity contribution in [3.8, 4) is 11.3 Å². The fraction of sp³-hybridized carbons (Fsp3) is 0.444. The molecule has 1 aromatic heterocycles. The Kier molecular flexibility index (Phi) is 4.06. The zero-order valence-corrected chi connectivity index (χ0v) is 13.4. The van der Waals surface area contributed by atoms with Crippen molar-refractivity contribution in [1.29, 1.82) is 0 Å². The first-order chi connectivity index (χ1) is 11.7. The molecule has 6 heteroatoms. The largest absolute Gasteiger partial charge is 0.350 e. The van der Waals surface area contributed by atoms with Crippen LogP contribution in [0.4, 0.5) is 4.39 Å². The zero-order valence-electron chi connectivity index (χ0n) is 13.4. The summed E-state index contributed by atoms with van der Waals surface area (Å²) in [5.41, 5.74) is 1.06. The van der Waals surface area contributed by atoms with Gasteiger partial charge in [0.1, 0.15) is 11.5 Å². The van der Waals surface area contributed by atoms with E-state index in [-0.39, 0.29) is 23.5 Å². The van der Waals surface area contributed by atoms with Crippen LogP contribution in [0.25, 0.3) is 11.3 Å². The summed E-state index contributed by atoms with van der Waals surface area (Å²) in [5, 5.41) is 6.97. The number of amides is 1. The van der Waals surface area contributed by atoms with Crippen molar-refractivity contribution >= 4 is 5.91 Å². The van der Waals surface area contributed by atoms with Gasteiger partial charge >= 0.3 is 0 Å². The number of hydrogen-bond acceptors (Lipinski definition) is 4. The molecule has 2 fully saturated rings. The molecule has 3 heterocycles. The van der Waals surface area contributed by atoms with E-state index in [2.05, 4.69) is 15.4 Å². The van der Waals surface area contributed by atoms with Gasteiger partial charge in [0.2, 0.25) is 5.76 Å². The van der Waals surface area contributed by atoms with Gasteiger partial charge in [-0.2, -0.15) is 0 Å². The molecule has 1 N–H and O–H groups in total. The van der Waals surface area contributed by atoms with Gasteiger partial charge in [-0.15, -0.1) is 0 Å². The Balaban J connectivity index is 1.45. The minimum atomic E-state index is -0.343. The SMILES string of the molecule is O=C(N[C@H]1CCN2CCCC[C@H]12)c1cc(-c2cccc(F)c2)no1. The van der Waals surface area contributed by atoms with Gasteiger partial charge in [-0.05, 0) is 37.9 Å². The highest BCUT2D eigenvalue weighted by atomic mass is 19.1. The van der Waals surface area contributed by atoms with Crippen LogP contribution in [0.5, 0.6) is 0 Å². The smallest absolute Gasteiger partial charge is 0.290 e. The Morgan fingerprint density at radius 3 is 3.04 bits per heavy atom. The number of hydrogen-bond donors (Lipinski definition) is 1. The van der Waals surface area contributed by atoms with E-state index in [4.69, 9.17) is 4.52 Å². The lowest BCUT2D eigenvalue weighted by atomic mass is 9.99. The Hall–Kier alpha value is -2.21. The molecular formula is C18H20FN3O2. The fourth-order valence-corrected chi connectivity index (χ4v) is 3.82. The number of benzene rings is 1. The second kappa shape index (κ2) is 6.36. The lowest BCUT2D eigenvalue weighted by Crippen LogP contribution is -2.46. The Morgan fingerprint density at radius 2 is 2.17 bits per heavy atom. The standard InChI is InChI=1S/C18H20FN3O2/c19-13-5-3-4-12(10-13)15-11-17(24-21-15)18(23)20-14-7-9-22-8-2-1-6-16(14)22/h3-5,10-11,14,16H,1-2,6-9H2,(H,20,23)/t14-,16+/m0/s1. The van der Waals surface area contributed by atoms with E-state index in [1.807, 2.05) is 0 Å². The summed E-state index contributed by atoms with van der Waals surface area (Å²) >= 11 is 0. The zero-order chi connectivity index (χ0) is 16.5. The maximum absolute atomic E-state index is 13.3. The highest BCUT2D eigenvalue weighted by Gasteiger charge is 2.36.